The van der Waals surface area contributed by atoms with Gasteiger partial charge in [0.2, 0.25) is 5.91 Å². The van der Waals surface area contributed by atoms with E-state index in [2.05, 4.69) is 12.1 Å². The minimum Gasteiger partial charge on any atom is -0.494 e. The van der Waals surface area contributed by atoms with Gasteiger partial charge in [-0.3, -0.25) is 9.59 Å². The monoisotopic (exact) mass is 637 g/mol. The number of aryl methyl sites for hydroxylation is 1. The van der Waals surface area contributed by atoms with Gasteiger partial charge in [-0.1, -0.05) is 31.4 Å². The van der Waals surface area contributed by atoms with Crippen LogP contribution in [-0.2, 0) is 36.6 Å². The van der Waals surface area contributed by atoms with Crippen LogP contribution in [0.15, 0.2) is 42.5 Å². The topological polar surface area (TPSA) is 101 Å². The second kappa shape index (κ2) is 19.2. The molecule has 0 N–H and O–H groups in total. The van der Waals surface area contributed by atoms with Gasteiger partial charge in [-0.05, 0) is 94.2 Å². The van der Waals surface area contributed by atoms with Crippen molar-refractivity contribution in [1.29, 1.82) is 0 Å². The second-order valence-electron chi connectivity index (χ2n) is 12.2. The standard InChI is InChI=1S/C37H51NO8/c1-3-43-37(41)30-15-18-34(31(26-30)27-35(39)38-21-19-29(20-22-38)36(40)42-2)46-25-9-10-28-13-16-33(17-14-28)45-24-8-7-23-44-32-11-5-4-6-12-32/h13-18,26,29,32H,3-12,19-25,27H2,1-2H3. The molecule has 1 amide bonds. The highest BCUT2D eigenvalue weighted by Crippen LogP contribution is 2.25. The highest BCUT2D eigenvalue weighted by molar-refractivity contribution is 5.90. The number of piperidine rings is 1. The molecule has 1 aliphatic heterocycles. The van der Waals surface area contributed by atoms with E-state index >= 15 is 0 Å². The molecule has 2 aromatic carbocycles. The van der Waals surface area contributed by atoms with Crippen molar-refractivity contribution in [2.75, 3.05) is 46.6 Å². The number of benzene rings is 2. The Morgan fingerprint density at radius 3 is 2.26 bits per heavy atom. The molecule has 0 aromatic heterocycles. The lowest BCUT2D eigenvalue weighted by Crippen LogP contribution is -2.41. The molecule has 0 atom stereocenters. The Morgan fingerprint density at radius 2 is 1.54 bits per heavy atom. The van der Waals surface area contributed by atoms with Crippen molar-refractivity contribution in [3.8, 4) is 11.5 Å². The number of hydrogen-bond acceptors (Lipinski definition) is 8. The maximum absolute atomic E-state index is 13.2. The van der Waals surface area contributed by atoms with Crippen LogP contribution in [0.5, 0.6) is 11.5 Å². The highest BCUT2D eigenvalue weighted by Gasteiger charge is 2.28. The first-order valence-electron chi connectivity index (χ1n) is 17.1. The Balaban J connectivity index is 1.21. The summed E-state index contributed by atoms with van der Waals surface area (Å²) in [6.45, 7) is 4.98. The number of likely N-dealkylation sites (tertiary alicyclic amines) is 1. The molecule has 1 saturated carbocycles. The largest absolute Gasteiger partial charge is 0.494 e. The SMILES string of the molecule is CCOC(=O)c1ccc(OCCCc2ccc(OCCCCOC3CCCCC3)cc2)c(CC(=O)N2CCC(C(=O)OC)CC2)c1. The summed E-state index contributed by atoms with van der Waals surface area (Å²) in [5.74, 6) is 0.555. The van der Waals surface area contributed by atoms with Crippen LogP contribution in [-0.4, -0.2) is 75.5 Å². The zero-order chi connectivity index (χ0) is 32.6. The van der Waals surface area contributed by atoms with Crippen LogP contribution in [0.2, 0.25) is 0 Å². The maximum Gasteiger partial charge on any atom is 0.338 e. The Kier molecular flexibility index (Phi) is 14.7. The van der Waals surface area contributed by atoms with E-state index < -0.39 is 5.97 Å². The van der Waals surface area contributed by atoms with E-state index in [1.165, 1.54) is 44.8 Å². The molecular weight excluding hydrogens is 586 g/mol. The van der Waals surface area contributed by atoms with E-state index in [0.29, 0.717) is 62.1 Å². The molecule has 46 heavy (non-hydrogen) atoms. The van der Waals surface area contributed by atoms with Gasteiger partial charge in [0.1, 0.15) is 11.5 Å². The third-order valence-electron chi connectivity index (χ3n) is 8.80. The van der Waals surface area contributed by atoms with Crippen molar-refractivity contribution in [1.82, 2.24) is 4.90 Å². The second-order valence-corrected chi connectivity index (χ2v) is 12.2. The van der Waals surface area contributed by atoms with Crippen molar-refractivity contribution in [2.24, 2.45) is 5.92 Å². The number of amides is 1. The number of ether oxygens (including phenoxy) is 5. The van der Waals surface area contributed by atoms with Gasteiger partial charge < -0.3 is 28.6 Å². The minimum atomic E-state index is -0.433. The third-order valence-corrected chi connectivity index (χ3v) is 8.80. The van der Waals surface area contributed by atoms with Crippen LogP contribution in [0.4, 0.5) is 0 Å². The van der Waals surface area contributed by atoms with Gasteiger partial charge in [0.15, 0.2) is 0 Å². The molecule has 1 saturated heterocycles. The lowest BCUT2D eigenvalue weighted by atomic mass is 9.96. The summed E-state index contributed by atoms with van der Waals surface area (Å²) in [6, 6.07) is 13.3. The number of nitrogens with zero attached hydrogens (tertiary/aromatic N) is 1. The third kappa shape index (κ3) is 11.3. The molecule has 0 bridgehead atoms. The van der Waals surface area contributed by atoms with E-state index in [4.69, 9.17) is 23.7 Å². The van der Waals surface area contributed by atoms with Crippen molar-refractivity contribution in [3.05, 3.63) is 59.2 Å². The van der Waals surface area contributed by atoms with Gasteiger partial charge in [-0.25, -0.2) is 4.79 Å². The van der Waals surface area contributed by atoms with Crippen molar-refractivity contribution >= 4 is 17.8 Å². The zero-order valence-corrected chi connectivity index (χ0v) is 27.6. The van der Waals surface area contributed by atoms with Crippen LogP contribution >= 0.6 is 0 Å². The van der Waals surface area contributed by atoms with Crippen LogP contribution < -0.4 is 9.47 Å². The van der Waals surface area contributed by atoms with E-state index in [1.807, 2.05) is 12.1 Å². The van der Waals surface area contributed by atoms with Crippen LogP contribution in [0.3, 0.4) is 0 Å². The number of carbonyl (C=O) groups is 3. The Labute approximate surface area is 273 Å². The van der Waals surface area contributed by atoms with Crippen LogP contribution in [0.1, 0.15) is 92.6 Å². The highest BCUT2D eigenvalue weighted by atomic mass is 16.5. The maximum atomic E-state index is 13.2. The van der Waals surface area contributed by atoms with Gasteiger partial charge in [-0.2, -0.15) is 0 Å². The predicted octanol–water partition coefficient (Wildman–Crippen LogP) is 6.34. The van der Waals surface area contributed by atoms with Crippen molar-refractivity contribution in [2.45, 2.75) is 90.1 Å². The molecule has 2 aliphatic rings. The molecule has 0 radical (unpaired) electrons. The van der Waals surface area contributed by atoms with Crippen molar-refractivity contribution in [3.63, 3.8) is 0 Å². The normalized spacial score (nSPS) is 15.7. The molecule has 252 valence electrons. The molecule has 0 unspecified atom stereocenters. The van der Waals surface area contributed by atoms with Gasteiger partial charge in [-0.15, -0.1) is 0 Å². The molecule has 0 spiro atoms. The molecule has 1 heterocycles. The first-order valence-corrected chi connectivity index (χ1v) is 17.1. The lowest BCUT2D eigenvalue weighted by molar-refractivity contribution is -0.148. The van der Waals surface area contributed by atoms with Crippen molar-refractivity contribution < 1.29 is 38.1 Å². The first-order chi connectivity index (χ1) is 22.5. The van der Waals surface area contributed by atoms with Crippen LogP contribution in [0, 0.1) is 5.92 Å². The molecule has 4 rings (SSSR count). The molecule has 2 aromatic rings. The van der Waals surface area contributed by atoms with E-state index in [-0.39, 0.29) is 30.8 Å². The van der Waals surface area contributed by atoms with E-state index in [9.17, 15) is 14.4 Å². The summed E-state index contributed by atoms with van der Waals surface area (Å²) in [5.41, 5.74) is 2.23. The average Bonchev–Trinajstić information content (AvgIpc) is 3.09. The van der Waals surface area contributed by atoms with E-state index in [1.54, 1.807) is 30.0 Å². The Hall–Kier alpha value is -3.59. The van der Waals surface area contributed by atoms with E-state index in [0.717, 1.165) is 38.0 Å². The number of methoxy groups -OCH3 is 1. The quantitative estimate of drug-likeness (QED) is 0.146. The zero-order valence-electron chi connectivity index (χ0n) is 27.6. The molecule has 1 aliphatic carbocycles. The Morgan fingerprint density at radius 1 is 0.826 bits per heavy atom. The molecule has 9 heteroatoms. The summed E-state index contributed by atoms with van der Waals surface area (Å²) in [7, 11) is 1.39. The van der Waals surface area contributed by atoms with Gasteiger partial charge in [0, 0.05) is 25.3 Å². The molecule has 2 fully saturated rings. The number of esters is 2. The average molecular weight is 638 g/mol. The molecule has 9 nitrogen and oxygen atoms in total. The van der Waals surface area contributed by atoms with Gasteiger partial charge >= 0.3 is 11.9 Å². The summed E-state index contributed by atoms with van der Waals surface area (Å²) in [6.07, 6.45) is 11.7. The number of rotatable bonds is 17. The minimum absolute atomic E-state index is 0.0655. The number of unbranched alkanes of at least 4 members (excludes halogenated alkanes) is 1. The van der Waals surface area contributed by atoms with Gasteiger partial charge in [0.05, 0.1) is 50.9 Å². The lowest BCUT2D eigenvalue weighted by Gasteiger charge is -2.31. The molecular formula is C37H51NO8. The smallest absolute Gasteiger partial charge is 0.338 e. The first kappa shape index (κ1) is 35.3. The predicted molar refractivity (Wildman–Crippen MR) is 175 cm³/mol. The summed E-state index contributed by atoms with van der Waals surface area (Å²) in [4.78, 5) is 39.3. The van der Waals surface area contributed by atoms with Gasteiger partial charge in [0.25, 0.3) is 0 Å². The van der Waals surface area contributed by atoms with Crippen LogP contribution in [0.25, 0.3) is 0 Å². The summed E-state index contributed by atoms with van der Waals surface area (Å²) in [5, 5.41) is 0. The fourth-order valence-electron chi connectivity index (χ4n) is 6.09. The summed E-state index contributed by atoms with van der Waals surface area (Å²) < 4.78 is 28.1. The summed E-state index contributed by atoms with van der Waals surface area (Å²) >= 11 is 0. The fraction of sp³-hybridized carbons (Fsp3) is 0.595. The Bertz CT molecular complexity index is 1230. The fourth-order valence-corrected chi connectivity index (χ4v) is 6.09. The number of hydrogen-bond donors (Lipinski definition) is 0. The number of carbonyl (C=O) groups excluding carboxylic acids is 3.